The van der Waals surface area contributed by atoms with E-state index in [2.05, 4.69) is 24.3 Å². The molecular weight excluding hydrogens is 278 g/mol. The van der Waals surface area contributed by atoms with Gasteiger partial charge in [0.1, 0.15) is 5.02 Å². The zero-order chi connectivity index (χ0) is 14.9. The summed E-state index contributed by atoms with van der Waals surface area (Å²) in [6, 6.07) is 0.230. The highest BCUT2D eigenvalue weighted by atomic mass is 35.5. The van der Waals surface area contributed by atoms with Crippen LogP contribution in [-0.2, 0) is 11.3 Å². The van der Waals surface area contributed by atoms with Crippen LogP contribution < -0.4 is 10.9 Å². The lowest BCUT2D eigenvalue weighted by Gasteiger charge is -2.51. The van der Waals surface area contributed by atoms with Gasteiger partial charge in [0.25, 0.3) is 5.56 Å². The summed E-state index contributed by atoms with van der Waals surface area (Å²) >= 11 is 6.16. The van der Waals surface area contributed by atoms with Crippen molar-refractivity contribution in [1.82, 2.24) is 9.78 Å². The largest absolute Gasteiger partial charge is 0.381 e. The summed E-state index contributed by atoms with van der Waals surface area (Å²) in [5.74, 6) is 0. The monoisotopic (exact) mass is 299 g/mol. The first-order valence-electron chi connectivity index (χ1n) is 6.96. The van der Waals surface area contributed by atoms with E-state index < -0.39 is 0 Å². The molecule has 0 aromatic carbocycles. The standard InChI is InChI=1S/C14H22ClN3O2/c1-5-6-18-13(19)12(15)9(8-16-18)17-10-7-11(20-4)14(10,2)3/h8,10-11,17H,5-7H2,1-4H3. The van der Waals surface area contributed by atoms with Crippen LogP contribution in [0.5, 0.6) is 0 Å². The summed E-state index contributed by atoms with van der Waals surface area (Å²) < 4.78 is 6.82. The number of aryl methyl sites for hydroxylation is 1. The molecule has 0 aliphatic heterocycles. The van der Waals surface area contributed by atoms with Crippen LogP contribution in [0.1, 0.15) is 33.6 Å². The fraction of sp³-hybridized carbons (Fsp3) is 0.714. The van der Waals surface area contributed by atoms with Gasteiger partial charge in [-0.3, -0.25) is 4.79 Å². The van der Waals surface area contributed by atoms with Gasteiger partial charge in [-0.25, -0.2) is 4.68 Å². The van der Waals surface area contributed by atoms with Crippen molar-refractivity contribution in [2.45, 2.75) is 52.3 Å². The molecule has 20 heavy (non-hydrogen) atoms. The van der Waals surface area contributed by atoms with E-state index in [4.69, 9.17) is 16.3 Å². The number of nitrogens with zero attached hydrogens (tertiary/aromatic N) is 2. The van der Waals surface area contributed by atoms with Gasteiger partial charge in [-0.2, -0.15) is 5.10 Å². The third kappa shape index (κ3) is 2.56. The fourth-order valence-electron chi connectivity index (χ4n) is 2.65. The Morgan fingerprint density at radius 1 is 1.60 bits per heavy atom. The topological polar surface area (TPSA) is 56.1 Å². The van der Waals surface area contributed by atoms with E-state index in [0.29, 0.717) is 12.2 Å². The maximum Gasteiger partial charge on any atom is 0.287 e. The maximum absolute atomic E-state index is 12.1. The third-order valence-corrected chi connectivity index (χ3v) is 4.58. The number of aromatic nitrogens is 2. The van der Waals surface area contributed by atoms with Crippen molar-refractivity contribution in [2.75, 3.05) is 12.4 Å². The van der Waals surface area contributed by atoms with Crippen LogP contribution in [0.3, 0.4) is 0 Å². The molecular formula is C14H22ClN3O2. The molecule has 6 heteroatoms. The summed E-state index contributed by atoms with van der Waals surface area (Å²) in [6.45, 7) is 6.86. The second kappa shape index (κ2) is 5.74. The molecule has 1 fully saturated rings. The molecule has 0 bridgehead atoms. The van der Waals surface area contributed by atoms with E-state index in [9.17, 15) is 4.79 Å². The summed E-state index contributed by atoms with van der Waals surface area (Å²) in [6.07, 6.45) is 3.61. The lowest BCUT2D eigenvalue weighted by Crippen LogP contribution is -2.57. The molecule has 2 unspecified atom stereocenters. The molecule has 1 saturated carbocycles. The molecule has 1 aromatic rings. The maximum atomic E-state index is 12.1. The number of nitrogens with one attached hydrogen (secondary N) is 1. The normalized spacial score (nSPS) is 24.2. The number of rotatable bonds is 5. The van der Waals surface area contributed by atoms with Crippen LogP contribution in [0.15, 0.2) is 11.0 Å². The minimum Gasteiger partial charge on any atom is -0.381 e. The molecule has 0 spiro atoms. The summed E-state index contributed by atoms with van der Waals surface area (Å²) in [4.78, 5) is 12.1. The van der Waals surface area contributed by atoms with E-state index in [0.717, 1.165) is 12.8 Å². The first-order chi connectivity index (χ1) is 9.41. The van der Waals surface area contributed by atoms with Crippen molar-refractivity contribution >= 4 is 17.3 Å². The number of anilines is 1. The minimum atomic E-state index is -0.237. The smallest absolute Gasteiger partial charge is 0.287 e. The lowest BCUT2D eigenvalue weighted by molar-refractivity contribution is -0.0794. The number of hydrogen-bond acceptors (Lipinski definition) is 4. The molecule has 1 aliphatic carbocycles. The Hall–Kier alpha value is -1.07. The molecule has 0 radical (unpaired) electrons. The quantitative estimate of drug-likeness (QED) is 0.908. The summed E-state index contributed by atoms with van der Waals surface area (Å²) in [5.41, 5.74) is 0.381. The van der Waals surface area contributed by atoms with Crippen LogP contribution in [-0.4, -0.2) is 29.0 Å². The van der Waals surface area contributed by atoms with Gasteiger partial charge in [-0.05, 0) is 12.8 Å². The lowest BCUT2D eigenvalue weighted by atomic mass is 9.64. The highest BCUT2D eigenvalue weighted by Gasteiger charge is 2.48. The van der Waals surface area contributed by atoms with Crippen molar-refractivity contribution < 1.29 is 4.74 Å². The van der Waals surface area contributed by atoms with E-state index in [1.54, 1.807) is 13.3 Å². The van der Waals surface area contributed by atoms with Gasteiger partial charge in [0.2, 0.25) is 0 Å². The van der Waals surface area contributed by atoms with Gasteiger partial charge >= 0.3 is 0 Å². The van der Waals surface area contributed by atoms with Crippen LogP contribution in [0.4, 0.5) is 5.69 Å². The third-order valence-electron chi connectivity index (χ3n) is 4.21. The molecule has 1 aliphatic rings. The summed E-state index contributed by atoms with van der Waals surface area (Å²) in [5, 5.41) is 7.69. The SMILES string of the molecule is CCCn1ncc(NC2CC(OC)C2(C)C)c(Cl)c1=O. The van der Waals surface area contributed by atoms with E-state index in [1.165, 1.54) is 4.68 Å². The second-order valence-corrected chi connectivity index (χ2v) is 6.26. The zero-order valence-electron chi connectivity index (χ0n) is 12.4. The molecule has 1 N–H and O–H groups in total. The Balaban J connectivity index is 2.16. The van der Waals surface area contributed by atoms with Gasteiger partial charge in [-0.1, -0.05) is 32.4 Å². The van der Waals surface area contributed by atoms with Gasteiger partial charge in [0.05, 0.1) is 18.0 Å². The van der Waals surface area contributed by atoms with Crippen molar-refractivity contribution in [3.05, 3.63) is 21.6 Å². The number of hydrogen-bond donors (Lipinski definition) is 1. The van der Waals surface area contributed by atoms with Crippen molar-refractivity contribution in [1.29, 1.82) is 0 Å². The van der Waals surface area contributed by atoms with Crippen molar-refractivity contribution in [2.24, 2.45) is 5.41 Å². The molecule has 2 atom stereocenters. The second-order valence-electron chi connectivity index (χ2n) is 5.88. The van der Waals surface area contributed by atoms with Crippen LogP contribution in [0.25, 0.3) is 0 Å². The molecule has 0 saturated heterocycles. The molecule has 0 amide bonds. The average molecular weight is 300 g/mol. The highest BCUT2D eigenvalue weighted by Crippen LogP contribution is 2.44. The first-order valence-corrected chi connectivity index (χ1v) is 7.34. The summed E-state index contributed by atoms with van der Waals surface area (Å²) in [7, 11) is 1.73. The van der Waals surface area contributed by atoms with Crippen LogP contribution in [0.2, 0.25) is 5.02 Å². The van der Waals surface area contributed by atoms with Crippen molar-refractivity contribution in [3.8, 4) is 0 Å². The molecule has 112 valence electrons. The Morgan fingerprint density at radius 3 is 2.85 bits per heavy atom. The van der Waals surface area contributed by atoms with Gasteiger partial charge < -0.3 is 10.1 Å². The molecule has 5 nitrogen and oxygen atoms in total. The highest BCUT2D eigenvalue weighted by molar-refractivity contribution is 6.32. The number of ether oxygens (including phenoxy) is 1. The Kier molecular flexibility index (Phi) is 4.39. The Bertz CT molecular complexity index is 542. The van der Waals surface area contributed by atoms with Crippen LogP contribution in [0, 0.1) is 5.41 Å². The van der Waals surface area contributed by atoms with E-state index >= 15 is 0 Å². The fourth-order valence-corrected chi connectivity index (χ4v) is 2.86. The molecule has 1 heterocycles. The predicted molar refractivity (Wildman–Crippen MR) is 80.4 cm³/mol. The first kappa shape index (κ1) is 15.3. The van der Waals surface area contributed by atoms with Gasteiger partial charge in [0.15, 0.2) is 0 Å². The number of halogens is 1. The molecule has 2 rings (SSSR count). The number of methoxy groups -OCH3 is 1. The Morgan fingerprint density at radius 2 is 2.30 bits per heavy atom. The van der Waals surface area contributed by atoms with Gasteiger partial charge in [-0.15, -0.1) is 0 Å². The van der Waals surface area contributed by atoms with Gasteiger partial charge in [0, 0.05) is 25.1 Å². The van der Waals surface area contributed by atoms with Crippen molar-refractivity contribution in [3.63, 3.8) is 0 Å². The Labute approximate surface area is 124 Å². The van der Waals surface area contributed by atoms with E-state index in [1.807, 2.05) is 6.92 Å². The van der Waals surface area contributed by atoms with Crippen LogP contribution >= 0.6 is 11.6 Å². The predicted octanol–water partition coefficient (Wildman–Crippen LogP) is 2.53. The minimum absolute atomic E-state index is 0.0103. The average Bonchev–Trinajstić information content (AvgIpc) is 2.41. The van der Waals surface area contributed by atoms with E-state index in [-0.39, 0.29) is 28.1 Å². The molecule has 1 aromatic heterocycles. The zero-order valence-corrected chi connectivity index (χ0v) is 13.2.